The summed E-state index contributed by atoms with van der Waals surface area (Å²) in [5.74, 6) is 0.745. The number of nitrogens with zero attached hydrogens (tertiary/aromatic N) is 2. The molecule has 0 bridgehead atoms. The summed E-state index contributed by atoms with van der Waals surface area (Å²) in [7, 11) is 0. The number of hydrogen-bond acceptors (Lipinski definition) is 4. The Balaban J connectivity index is 1.81. The average Bonchev–Trinajstić information content (AvgIpc) is 3.07. The fraction of sp³-hybridized carbons (Fsp3) is 0.360. The Hall–Kier alpha value is -2.24. The largest absolute Gasteiger partial charge is 0.488 e. The molecule has 2 aromatic rings. The molecule has 0 unspecified atom stereocenters. The van der Waals surface area contributed by atoms with Crippen molar-refractivity contribution in [1.82, 2.24) is 4.90 Å². The van der Waals surface area contributed by atoms with Crippen LogP contribution in [-0.2, 0) is 11.4 Å². The molecule has 0 spiro atoms. The van der Waals surface area contributed by atoms with Crippen molar-refractivity contribution in [3.05, 3.63) is 69.6 Å². The summed E-state index contributed by atoms with van der Waals surface area (Å²) in [6.07, 6.45) is 6.02. The van der Waals surface area contributed by atoms with Crippen molar-refractivity contribution in [3.8, 4) is 5.75 Å². The third-order valence-corrected chi connectivity index (χ3v) is 6.34. The fourth-order valence-corrected chi connectivity index (χ4v) is 4.33. The molecule has 0 radical (unpaired) electrons. The van der Waals surface area contributed by atoms with E-state index in [2.05, 4.69) is 13.8 Å². The van der Waals surface area contributed by atoms with Crippen LogP contribution in [0.4, 0.5) is 0 Å². The molecule has 1 fully saturated rings. The van der Waals surface area contributed by atoms with E-state index in [1.807, 2.05) is 59.5 Å². The molecule has 2 aromatic carbocycles. The number of thioether (sulfide) groups is 1. The number of para-hydroxylation sites is 1. The summed E-state index contributed by atoms with van der Waals surface area (Å²) in [4.78, 5) is 20.3. The molecule has 1 aliphatic heterocycles. The minimum absolute atomic E-state index is 0.0228. The lowest BCUT2D eigenvalue weighted by atomic mass is 10.1. The highest BCUT2D eigenvalue weighted by Gasteiger charge is 2.32. The SMILES string of the molecule is CCCCN=C1S/C(=C\c2ccccc2OCc2ccccc2Cl)C(=O)N1CCCC. The Kier molecular flexibility index (Phi) is 9.04. The van der Waals surface area contributed by atoms with Gasteiger partial charge in [-0.3, -0.25) is 14.7 Å². The topological polar surface area (TPSA) is 41.9 Å². The molecule has 164 valence electrons. The van der Waals surface area contributed by atoms with Crippen LogP contribution in [-0.4, -0.2) is 29.1 Å². The smallest absolute Gasteiger partial charge is 0.266 e. The summed E-state index contributed by atoms with van der Waals surface area (Å²) in [5.41, 5.74) is 1.80. The van der Waals surface area contributed by atoms with E-state index in [9.17, 15) is 4.79 Å². The van der Waals surface area contributed by atoms with Crippen LogP contribution in [0.2, 0.25) is 5.02 Å². The van der Waals surface area contributed by atoms with E-state index in [0.29, 0.717) is 23.1 Å². The second kappa shape index (κ2) is 12.0. The number of halogens is 1. The van der Waals surface area contributed by atoms with E-state index in [4.69, 9.17) is 21.3 Å². The zero-order chi connectivity index (χ0) is 22.1. The van der Waals surface area contributed by atoms with Crippen LogP contribution in [0.3, 0.4) is 0 Å². The predicted octanol–water partition coefficient (Wildman–Crippen LogP) is 6.79. The van der Waals surface area contributed by atoms with Crippen molar-refractivity contribution < 1.29 is 9.53 Å². The highest BCUT2D eigenvalue weighted by atomic mass is 35.5. The molecule has 6 heteroatoms. The standard InChI is InChI=1S/C25H29ClN2O2S/c1-3-5-15-27-25-28(16-6-4-2)24(29)23(31-25)17-19-11-8-10-14-22(19)30-18-20-12-7-9-13-21(20)26/h7-14,17H,3-6,15-16,18H2,1-2H3/b23-17-,27-25?. The normalized spacial score (nSPS) is 16.5. The zero-order valence-corrected chi connectivity index (χ0v) is 19.7. The average molecular weight is 457 g/mol. The number of unbranched alkanes of at least 4 members (excludes halogenated alkanes) is 2. The number of amides is 1. The van der Waals surface area contributed by atoms with Gasteiger partial charge in [0.25, 0.3) is 5.91 Å². The van der Waals surface area contributed by atoms with Gasteiger partial charge in [-0.15, -0.1) is 0 Å². The van der Waals surface area contributed by atoms with Crippen molar-refractivity contribution in [2.24, 2.45) is 4.99 Å². The molecular formula is C25H29ClN2O2S. The van der Waals surface area contributed by atoms with E-state index >= 15 is 0 Å². The lowest BCUT2D eigenvalue weighted by Crippen LogP contribution is -2.30. The van der Waals surface area contributed by atoms with E-state index in [1.54, 1.807) is 0 Å². The fourth-order valence-electron chi connectivity index (χ4n) is 3.12. The third kappa shape index (κ3) is 6.37. The second-order valence-corrected chi connectivity index (χ2v) is 8.77. The van der Waals surface area contributed by atoms with Crippen LogP contribution in [0.5, 0.6) is 5.75 Å². The molecule has 4 nitrogen and oxygen atoms in total. The molecule has 0 N–H and O–H groups in total. The molecule has 0 aliphatic carbocycles. The summed E-state index contributed by atoms with van der Waals surface area (Å²) in [6, 6.07) is 15.4. The van der Waals surface area contributed by atoms with Crippen LogP contribution in [0.1, 0.15) is 50.7 Å². The number of amidine groups is 1. The van der Waals surface area contributed by atoms with Gasteiger partial charge in [0, 0.05) is 29.2 Å². The minimum atomic E-state index is 0.0228. The van der Waals surface area contributed by atoms with E-state index in [1.165, 1.54) is 11.8 Å². The molecule has 0 atom stereocenters. The van der Waals surface area contributed by atoms with E-state index < -0.39 is 0 Å². The van der Waals surface area contributed by atoms with Gasteiger partial charge in [-0.25, -0.2) is 0 Å². The van der Waals surface area contributed by atoms with Gasteiger partial charge in [0.15, 0.2) is 5.17 Å². The maximum absolute atomic E-state index is 13.1. The number of carbonyl (C=O) groups excluding carboxylic acids is 1. The van der Waals surface area contributed by atoms with Gasteiger partial charge in [0.05, 0.1) is 4.91 Å². The maximum atomic E-state index is 13.1. The Labute approximate surface area is 194 Å². The van der Waals surface area contributed by atoms with Crippen LogP contribution >= 0.6 is 23.4 Å². The van der Waals surface area contributed by atoms with Crippen molar-refractivity contribution in [1.29, 1.82) is 0 Å². The van der Waals surface area contributed by atoms with Gasteiger partial charge in [-0.05, 0) is 42.8 Å². The first-order valence-electron chi connectivity index (χ1n) is 10.8. The Bertz CT molecular complexity index is 958. The first-order valence-corrected chi connectivity index (χ1v) is 12.0. The predicted molar refractivity (Wildman–Crippen MR) is 132 cm³/mol. The summed E-state index contributed by atoms with van der Waals surface area (Å²) in [5, 5.41) is 1.49. The van der Waals surface area contributed by atoms with Crippen molar-refractivity contribution in [2.45, 2.75) is 46.1 Å². The third-order valence-electron chi connectivity index (χ3n) is 4.93. The van der Waals surface area contributed by atoms with E-state index in [-0.39, 0.29) is 5.91 Å². The molecule has 3 rings (SSSR count). The quantitative estimate of drug-likeness (QED) is 0.292. The number of aliphatic imine (C=N–C) groups is 1. The summed E-state index contributed by atoms with van der Waals surface area (Å²) < 4.78 is 6.05. The number of hydrogen-bond donors (Lipinski definition) is 0. The number of ether oxygens (including phenoxy) is 1. The van der Waals surface area contributed by atoms with Gasteiger partial charge in [0.1, 0.15) is 12.4 Å². The molecule has 31 heavy (non-hydrogen) atoms. The Morgan fingerprint density at radius 2 is 1.81 bits per heavy atom. The second-order valence-electron chi connectivity index (χ2n) is 7.36. The highest BCUT2D eigenvalue weighted by Crippen LogP contribution is 2.34. The monoisotopic (exact) mass is 456 g/mol. The maximum Gasteiger partial charge on any atom is 0.266 e. The molecule has 1 saturated heterocycles. The molecule has 1 amide bonds. The first-order chi connectivity index (χ1) is 15.1. The molecule has 1 aliphatic rings. The molecular weight excluding hydrogens is 428 g/mol. The zero-order valence-electron chi connectivity index (χ0n) is 18.1. The molecule has 0 aromatic heterocycles. The van der Waals surface area contributed by atoms with Crippen LogP contribution in [0.15, 0.2) is 58.4 Å². The van der Waals surface area contributed by atoms with Crippen LogP contribution in [0.25, 0.3) is 6.08 Å². The lowest BCUT2D eigenvalue weighted by Gasteiger charge is -2.14. The first kappa shape index (κ1) is 23.4. The van der Waals surface area contributed by atoms with Gasteiger partial charge < -0.3 is 4.74 Å². The Morgan fingerprint density at radius 1 is 1.06 bits per heavy atom. The molecule has 0 saturated carbocycles. The van der Waals surface area contributed by atoms with Gasteiger partial charge in [0.2, 0.25) is 0 Å². The van der Waals surface area contributed by atoms with Gasteiger partial charge in [-0.1, -0.05) is 74.7 Å². The number of carbonyl (C=O) groups is 1. The van der Waals surface area contributed by atoms with Crippen molar-refractivity contribution in [2.75, 3.05) is 13.1 Å². The Morgan fingerprint density at radius 3 is 2.58 bits per heavy atom. The van der Waals surface area contributed by atoms with Crippen molar-refractivity contribution >= 4 is 40.5 Å². The van der Waals surface area contributed by atoms with Gasteiger partial charge >= 0.3 is 0 Å². The highest BCUT2D eigenvalue weighted by molar-refractivity contribution is 8.18. The van der Waals surface area contributed by atoms with Crippen LogP contribution in [0, 0.1) is 0 Å². The minimum Gasteiger partial charge on any atom is -0.488 e. The lowest BCUT2D eigenvalue weighted by molar-refractivity contribution is -0.122. The summed E-state index contributed by atoms with van der Waals surface area (Å²) >= 11 is 7.71. The van der Waals surface area contributed by atoms with Crippen LogP contribution < -0.4 is 4.74 Å². The summed E-state index contributed by atoms with van der Waals surface area (Å²) in [6.45, 7) is 6.10. The van der Waals surface area contributed by atoms with E-state index in [0.717, 1.165) is 54.3 Å². The van der Waals surface area contributed by atoms with Crippen molar-refractivity contribution in [3.63, 3.8) is 0 Å². The molecule has 1 heterocycles. The number of rotatable bonds is 10. The van der Waals surface area contributed by atoms with Gasteiger partial charge in [-0.2, -0.15) is 0 Å². The number of benzene rings is 2.